The van der Waals surface area contributed by atoms with Crippen molar-refractivity contribution < 1.29 is 9.21 Å². The molecule has 2 aromatic rings. The highest BCUT2D eigenvalue weighted by molar-refractivity contribution is 14.0. The monoisotopic (exact) mass is 428 g/mol. The standard InChI is InChI=1S/C16H20N4O2.HI/c1-17-16(20-12-14-8-5-11-22-14)19-10-9-18-15(21)13-6-3-2-4-7-13;/h2-8,11H,9-10,12H2,1H3,(H,18,21)(H2,17,19,20);1H. The van der Waals surface area contributed by atoms with Crippen LogP contribution in [0.5, 0.6) is 0 Å². The van der Waals surface area contributed by atoms with Crippen molar-refractivity contribution in [1.82, 2.24) is 16.0 Å². The molecule has 1 amide bonds. The summed E-state index contributed by atoms with van der Waals surface area (Å²) in [5.74, 6) is 1.41. The molecule has 0 radical (unpaired) electrons. The molecule has 1 aromatic heterocycles. The number of nitrogens with one attached hydrogen (secondary N) is 3. The van der Waals surface area contributed by atoms with E-state index in [0.29, 0.717) is 31.2 Å². The molecule has 0 aliphatic carbocycles. The zero-order chi connectivity index (χ0) is 15.6. The van der Waals surface area contributed by atoms with Crippen molar-refractivity contribution in [1.29, 1.82) is 0 Å². The predicted octanol–water partition coefficient (Wildman–Crippen LogP) is 1.99. The van der Waals surface area contributed by atoms with Crippen molar-refractivity contribution in [2.75, 3.05) is 20.1 Å². The second-order valence-corrected chi connectivity index (χ2v) is 4.55. The minimum Gasteiger partial charge on any atom is -0.467 e. The fourth-order valence-electron chi connectivity index (χ4n) is 1.85. The summed E-state index contributed by atoms with van der Waals surface area (Å²) in [5, 5.41) is 9.09. The number of amides is 1. The highest BCUT2D eigenvalue weighted by Crippen LogP contribution is 1.98. The lowest BCUT2D eigenvalue weighted by molar-refractivity contribution is 0.0954. The van der Waals surface area contributed by atoms with Gasteiger partial charge in [-0.25, -0.2) is 0 Å². The predicted molar refractivity (Wildman–Crippen MR) is 101 cm³/mol. The number of nitrogens with zero attached hydrogens (tertiary/aromatic N) is 1. The van der Waals surface area contributed by atoms with Crippen LogP contribution in [0.3, 0.4) is 0 Å². The van der Waals surface area contributed by atoms with E-state index < -0.39 is 0 Å². The molecule has 1 aromatic carbocycles. The van der Waals surface area contributed by atoms with Gasteiger partial charge in [0.25, 0.3) is 5.91 Å². The van der Waals surface area contributed by atoms with Gasteiger partial charge in [-0.2, -0.15) is 0 Å². The average Bonchev–Trinajstić information content (AvgIpc) is 3.08. The number of furan rings is 1. The van der Waals surface area contributed by atoms with Crippen molar-refractivity contribution in [2.24, 2.45) is 4.99 Å². The van der Waals surface area contributed by atoms with Crippen LogP contribution >= 0.6 is 24.0 Å². The Balaban J connectivity index is 0.00000264. The fraction of sp³-hybridized carbons (Fsp3) is 0.250. The largest absolute Gasteiger partial charge is 0.467 e. The molecule has 0 unspecified atom stereocenters. The van der Waals surface area contributed by atoms with Crippen LogP contribution in [0, 0.1) is 0 Å². The molecular formula is C16H21IN4O2. The quantitative estimate of drug-likeness (QED) is 0.285. The van der Waals surface area contributed by atoms with Crippen LogP contribution in [0.4, 0.5) is 0 Å². The Morgan fingerprint density at radius 2 is 1.78 bits per heavy atom. The van der Waals surface area contributed by atoms with E-state index in [1.165, 1.54) is 0 Å². The molecule has 6 nitrogen and oxygen atoms in total. The van der Waals surface area contributed by atoms with Gasteiger partial charge in [0.2, 0.25) is 0 Å². The Hall–Kier alpha value is -2.03. The van der Waals surface area contributed by atoms with E-state index in [0.717, 1.165) is 5.76 Å². The lowest BCUT2D eigenvalue weighted by Crippen LogP contribution is -2.41. The maximum absolute atomic E-state index is 11.8. The molecule has 2 rings (SSSR count). The van der Waals surface area contributed by atoms with E-state index in [9.17, 15) is 4.79 Å². The van der Waals surface area contributed by atoms with Crippen LogP contribution in [-0.4, -0.2) is 32.0 Å². The Kier molecular flexibility index (Phi) is 8.81. The van der Waals surface area contributed by atoms with Gasteiger partial charge in [0, 0.05) is 25.7 Å². The van der Waals surface area contributed by atoms with Gasteiger partial charge in [0.1, 0.15) is 5.76 Å². The van der Waals surface area contributed by atoms with Crippen LogP contribution in [0.15, 0.2) is 58.1 Å². The normalized spacial score (nSPS) is 10.6. The number of rotatable bonds is 6. The maximum Gasteiger partial charge on any atom is 0.251 e. The molecule has 124 valence electrons. The van der Waals surface area contributed by atoms with E-state index in [2.05, 4.69) is 20.9 Å². The number of halogens is 1. The van der Waals surface area contributed by atoms with Gasteiger partial charge in [0.15, 0.2) is 5.96 Å². The van der Waals surface area contributed by atoms with Gasteiger partial charge < -0.3 is 20.4 Å². The molecule has 0 bridgehead atoms. The summed E-state index contributed by atoms with van der Waals surface area (Å²) < 4.78 is 5.23. The second kappa shape index (κ2) is 10.7. The third kappa shape index (κ3) is 6.72. The SMILES string of the molecule is CN=C(NCCNC(=O)c1ccccc1)NCc1ccco1.I. The third-order valence-corrected chi connectivity index (χ3v) is 2.97. The summed E-state index contributed by atoms with van der Waals surface area (Å²) in [6.07, 6.45) is 1.63. The molecule has 0 saturated carbocycles. The Labute approximate surface area is 152 Å². The van der Waals surface area contributed by atoms with Crippen LogP contribution < -0.4 is 16.0 Å². The van der Waals surface area contributed by atoms with Crippen molar-refractivity contribution in [3.63, 3.8) is 0 Å². The first-order chi connectivity index (χ1) is 10.8. The molecule has 0 spiro atoms. The van der Waals surface area contributed by atoms with E-state index in [4.69, 9.17) is 4.42 Å². The van der Waals surface area contributed by atoms with Gasteiger partial charge in [-0.3, -0.25) is 9.79 Å². The number of hydrogen-bond acceptors (Lipinski definition) is 3. The first-order valence-corrected chi connectivity index (χ1v) is 7.10. The molecule has 0 fully saturated rings. The van der Waals surface area contributed by atoms with E-state index in [1.807, 2.05) is 30.3 Å². The van der Waals surface area contributed by atoms with Crippen LogP contribution in [0.25, 0.3) is 0 Å². The zero-order valence-corrected chi connectivity index (χ0v) is 15.2. The zero-order valence-electron chi connectivity index (χ0n) is 12.9. The minimum absolute atomic E-state index is 0. The number of aliphatic imine (C=N–C) groups is 1. The van der Waals surface area contributed by atoms with Crippen molar-refractivity contribution >= 4 is 35.8 Å². The third-order valence-electron chi connectivity index (χ3n) is 2.97. The minimum atomic E-state index is -0.0825. The molecule has 0 aliphatic heterocycles. The van der Waals surface area contributed by atoms with Crippen LogP contribution in [-0.2, 0) is 6.54 Å². The van der Waals surface area contributed by atoms with E-state index in [-0.39, 0.29) is 29.9 Å². The topological polar surface area (TPSA) is 78.7 Å². The van der Waals surface area contributed by atoms with Crippen LogP contribution in [0.2, 0.25) is 0 Å². The Morgan fingerprint density at radius 3 is 2.43 bits per heavy atom. The summed E-state index contributed by atoms with van der Waals surface area (Å²) >= 11 is 0. The highest BCUT2D eigenvalue weighted by atomic mass is 127. The van der Waals surface area contributed by atoms with Gasteiger partial charge in [-0.05, 0) is 24.3 Å². The molecular weight excluding hydrogens is 407 g/mol. The molecule has 7 heteroatoms. The van der Waals surface area contributed by atoms with Crippen LogP contribution in [0.1, 0.15) is 16.1 Å². The lowest BCUT2D eigenvalue weighted by atomic mass is 10.2. The summed E-state index contributed by atoms with van der Waals surface area (Å²) in [5.41, 5.74) is 0.655. The number of carbonyl (C=O) groups excluding carboxylic acids is 1. The first kappa shape index (κ1) is 19.0. The first-order valence-electron chi connectivity index (χ1n) is 7.10. The van der Waals surface area contributed by atoms with Gasteiger partial charge in [-0.1, -0.05) is 18.2 Å². The number of hydrogen-bond donors (Lipinski definition) is 3. The van der Waals surface area contributed by atoms with Gasteiger partial charge in [-0.15, -0.1) is 24.0 Å². The Morgan fingerprint density at radius 1 is 1.04 bits per heavy atom. The van der Waals surface area contributed by atoms with E-state index in [1.54, 1.807) is 25.4 Å². The van der Waals surface area contributed by atoms with Crippen molar-refractivity contribution in [2.45, 2.75) is 6.54 Å². The molecule has 3 N–H and O–H groups in total. The molecule has 0 saturated heterocycles. The van der Waals surface area contributed by atoms with Crippen molar-refractivity contribution in [3.8, 4) is 0 Å². The number of guanidine groups is 1. The summed E-state index contributed by atoms with van der Waals surface area (Å²) in [7, 11) is 1.69. The number of benzene rings is 1. The summed E-state index contributed by atoms with van der Waals surface area (Å²) in [4.78, 5) is 15.9. The molecule has 0 atom stereocenters. The maximum atomic E-state index is 11.8. The summed E-state index contributed by atoms with van der Waals surface area (Å²) in [6, 6.07) is 12.9. The number of carbonyl (C=O) groups is 1. The molecule has 0 aliphatic rings. The summed E-state index contributed by atoms with van der Waals surface area (Å²) in [6.45, 7) is 1.65. The second-order valence-electron chi connectivity index (χ2n) is 4.55. The van der Waals surface area contributed by atoms with E-state index >= 15 is 0 Å². The molecule has 23 heavy (non-hydrogen) atoms. The van der Waals surface area contributed by atoms with Gasteiger partial charge >= 0.3 is 0 Å². The van der Waals surface area contributed by atoms with Gasteiger partial charge in [0.05, 0.1) is 12.8 Å². The average molecular weight is 428 g/mol. The fourth-order valence-corrected chi connectivity index (χ4v) is 1.85. The van der Waals surface area contributed by atoms with Crippen molar-refractivity contribution in [3.05, 3.63) is 60.1 Å². The highest BCUT2D eigenvalue weighted by Gasteiger charge is 2.03. The molecule has 1 heterocycles. The smallest absolute Gasteiger partial charge is 0.251 e. The lowest BCUT2D eigenvalue weighted by Gasteiger charge is -2.11. The Bertz CT molecular complexity index is 600.